The van der Waals surface area contributed by atoms with Crippen LogP contribution in [-0.2, 0) is 15.3 Å². The van der Waals surface area contributed by atoms with Gasteiger partial charge >= 0.3 is 6.18 Å². The quantitative estimate of drug-likeness (QED) is 0.288. The molecule has 11 heteroatoms. The van der Waals surface area contributed by atoms with Gasteiger partial charge in [-0.05, 0) is 55.0 Å². The average Bonchev–Trinajstić information content (AvgIpc) is 3.29. The van der Waals surface area contributed by atoms with Gasteiger partial charge < -0.3 is 5.32 Å². The molecule has 1 aliphatic rings. The number of rotatable bonds is 7. The zero-order valence-corrected chi connectivity index (χ0v) is 21.1. The van der Waals surface area contributed by atoms with Gasteiger partial charge in [0, 0.05) is 39.1 Å². The predicted molar refractivity (Wildman–Crippen MR) is 136 cm³/mol. The Bertz CT molecular complexity index is 1370. The Morgan fingerprint density at radius 1 is 1.05 bits per heavy atom. The van der Waals surface area contributed by atoms with Crippen LogP contribution in [0, 0.1) is 0 Å². The molecule has 0 bridgehead atoms. The lowest BCUT2D eigenvalue weighted by molar-refractivity contribution is -0.269. The van der Waals surface area contributed by atoms with Crippen molar-refractivity contribution in [3.63, 3.8) is 0 Å². The number of hydrogen-bond donors (Lipinski definition) is 3. The standard InChI is InChI=1S/C26H22Cl2F3N3O3/c1-15(2)36-33-10-9-32-24(35)22-8-7-21(19-5-3-4-6-20(19)22)23-14-25(37-34-23,26(29,30)31)16-11-17(27)13-18(28)12-16/h3-15,33-34H,1-2H3,(H,32,35). The lowest BCUT2D eigenvalue weighted by Gasteiger charge is -2.28. The smallest absolute Gasteiger partial charge is 0.327 e. The summed E-state index contributed by atoms with van der Waals surface area (Å²) in [7, 11) is 0. The molecule has 3 N–H and O–H groups in total. The average molecular weight is 552 g/mol. The zero-order chi connectivity index (χ0) is 26.8. The number of carbonyl (C=O) groups excluding carboxylic acids is 1. The van der Waals surface area contributed by atoms with Crippen molar-refractivity contribution in [2.24, 2.45) is 0 Å². The lowest BCUT2D eigenvalue weighted by atomic mass is 9.90. The van der Waals surface area contributed by atoms with Gasteiger partial charge in [0.25, 0.3) is 5.91 Å². The van der Waals surface area contributed by atoms with Gasteiger partial charge in [0.15, 0.2) is 0 Å². The first-order chi connectivity index (χ1) is 17.5. The van der Waals surface area contributed by atoms with Crippen molar-refractivity contribution in [3.8, 4) is 0 Å². The van der Waals surface area contributed by atoms with Crippen molar-refractivity contribution in [2.45, 2.75) is 31.7 Å². The van der Waals surface area contributed by atoms with Crippen LogP contribution in [0.5, 0.6) is 0 Å². The molecule has 1 aliphatic heterocycles. The molecule has 1 amide bonds. The van der Waals surface area contributed by atoms with Crippen molar-refractivity contribution in [2.75, 3.05) is 0 Å². The second-order valence-corrected chi connectivity index (χ2v) is 9.32. The van der Waals surface area contributed by atoms with Gasteiger partial charge in [-0.1, -0.05) is 53.5 Å². The fourth-order valence-electron chi connectivity index (χ4n) is 3.88. The topological polar surface area (TPSA) is 71.6 Å². The highest BCUT2D eigenvalue weighted by atomic mass is 35.5. The first-order valence-electron chi connectivity index (χ1n) is 11.1. The number of alkyl halides is 3. The summed E-state index contributed by atoms with van der Waals surface area (Å²) in [5, 5.41) is 3.79. The summed E-state index contributed by atoms with van der Waals surface area (Å²) < 4.78 is 43.2. The summed E-state index contributed by atoms with van der Waals surface area (Å²) in [6.45, 7) is 3.69. The van der Waals surface area contributed by atoms with Crippen molar-refractivity contribution in [3.05, 3.63) is 99.8 Å². The molecule has 4 rings (SSSR count). The van der Waals surface area contributed by atoms with Crippen molar-refractivity contribution < 1.29 is 27.6 Å². The third-order valence-electron chi connectivity index (χ3n) is 5.51. The van der Waals surface area contributed by atoms with Crippen LogP contribution in [0.15, 0.2) is 73.1 Å². The predicted octanol–water partition coefficient (Wildman–Crippen LogP) is 6.61. The number of nitrogens with one attached hydrogen (secondary N) is 3. The lowest BCUT2D eigenvalue weighted by Crippen LogP contribution is -2.42. The molecule has 3 aromatic carbocycles. The van der Waals surface area contributed by atoms with E-state index in [0.29, 0.717) is 21.9 Å². The van der Waals surface area contributed by atoms with Gasteiger partial charge in [0.05, 0.1) is 11.8 Å². The Balaban J connectivity index is 1.73. The van der Waals surface area contributed by atoms with E-state index in [9.17, 15) is 18.0 Å². The summed E-state index contributed by atoms with van der Waals surface area (Å²) in [5.41, 5.74) is 2.72. The normalized spacial score (nSPS) is 17.8. The molecule has 0 fully saturated rings. The molecule has 0 radical (unpaired) electrons. The summed E-state index contributed by atoms with van der Waals surface area (Å²) >= 11 is 12.0. The largest absolute Gasteiger partial charge is 0.428 e. The number of amides is 1. The Morgan fingerprint density at radius 2 is 1.73 bits per heavy atom. The van der Waals surface area contributed by atoms with Crippen LogP contribution < -0.4 is 16.3 Å². The Kier molecular flexibility index (Phi) is 7.70. The monoisotopic (exact) mass is 551 g/mol. The molecule has 1 unspecified atom stereocenters. The van der Waals surface area contributed by atoms with E-state index in [4.69, 9.17) is 32.9 Å². The number of benzene rings is 3. The molecular weight excluding hydrogens is 530 g/mol. The molecule has 1 atom stereocenters. The summed E-state index contributed by atoms with van der Waals surface area (Å²) in [5.74, 6) is -0.409. The number of fused-ring (bicyclic) bond motifs is 1. The summed E-state index contributed by atoms with van der Waals surface area (Å²) in [6.07, 6.45) is -1.13. The second kappa shape index (κ2) is 10.6. The highest BCUT2D eigenvalue weighted by Gasteiger charge is 2.59. The fraction of sp³-hybridized carbons (Fsp3) is 0.192. The second-order valence-electron chi connectivity index (χ2n) is 8.45. The van der Waals surface area contributed by atoms with E-state index < -0.39 is 17.7 Å². The minimum Gasteiger partial charge on any atom is -0.327 e. The van der Waals surface area contributed by atoms with Crippen LogP contribution in [0.3, 0.4) is 0 Å². The van der Waals surface area contributed by atoms with E-state index in [2.05, 4.69) is 16.3 Å². The van der Waals surface area contributed by atoms with E-state index in [1.165, 1.54) is 24.5 Å². The summed E-state index contributed by atoms with van der Waals surface area (Å²) in [4.78, 5) is 23.2. The van der Waals surface area contributed by atoms with E-state index in [1.54, 1.807) is 30.3 Å². The Hall–Kier alpha value is -3.24. The van der Waals surface area contributed by atoms with E-state index >= 15 is 0 Å². The molecule has 1 heterocycles. The number of carbonyl (C=O) groups is 1. The number of halogens is 5. The zero-order valence-electron chi connectivity index (χ0n) is 19.6. The SMILES string of the molecule is CC(C)ONC=CNC(=O)c1ccc(C2=CC(c3cc(Cl)cc(Cl)c3)(C(F)(F)F)ON2)c2ccccc12. The maximum absolute atomic E-state index is 14.4. The van der Waals surface area contributed by atoms with Crippen LogP contribution >= 0.6 is 23.2 Å². The van der Waals surface area contributed by atoms with Crippen molar-refractivity contribution >= 4 is 45.6 Å². The van der Waals surface area contributed by atoms with Gasteiger partial charge in [-0.25, -0.2) is 0 Å². The summed E-state index contributed by atoms with van der Waals surface area (Å²) in [6, 6.07) is 13.6. The molecule has 3 aromatic rings. The molecule has 0 saturated heterocycles. The van der Waals surface area contributed by atoms with Crippen LogP contribution in [0.25, 0.3) is 16.5 Å². The van der Waals surface area contributed by atoms with E-state index in [1.807, 2.05) is 13.8 Å². The van der Waals surface area contributed by atoms with Gasteiger partial charge in [-0.15, -0.1) is 0 Å². The van der Waals surface area contributed by atoms with Crippen LogP contribution in [0.2, 0.25) is 10.0 Å². The minimum absolute atomic E-state index is 0.0393. The van der Waals surface area contributed by atoms with Gasteiger partial charge in [-0.2, -0.15) is 13.2 Å². The molecular formula is C26H22Cl2F3N3O3. The minimum atomic E-state index is -4.84. The molecule has 0 spiro atoms. The van der Waals surface area contributed by atoms with Gasteiger partial charge in [-0.3, -0.25) is 25.4 Å². The van der Waals surface area contributed by atoms with Crippen LogP contribution in [0.4, 0.5) is 13.2 Å². The highest BCUT2D eigenvalue weighted by molar-refractivity contribution is 6.34. The van der Waals surface area contributed by atoms with Crippen LogP contribution in [0.1, 0.15) is 35.3 Å². The maximum atomic E-state index is 14.4. The molecule has 0 saturated carbocycles. The number of hydrogen-bond acceptors (Lipinski definition) is 5. The van der Waals surface area contributed by atoms with Crippen LogP contribution in [-0.4, -0.2) is 18.2 Å². The first kappa shape index (κ1) is 26.8. The maximum Gasteiger partial charge on any atom is 0.428 e. The molecule has 37 heavy (non-hydrogen) atoms. The first-order valence-corrected chi connectivity index (χ1v) is 11.9. The molecule has 0 aromatic heterocycles. The number of hydroxylamine groups is 2. The van der Waals surface area contributed by atoms with Gasteiger partial charge in [0.1, 0.15) is 0 Å². The molecule has 194 valence electrons. The Labute approximate surface area is 220 Å². The fourth-order valence-corrected chi connectivity index (χ4v) is 4.41. The third kappa shape index (κ3) is 5.55. The highest BCUT2D eigenvalue weighted by Crippen LogP contribution is 2.48. The van der Waals surface area contributed by atoms with Crippen molar-refractivity contribution in [1.29, 1.82) is 0 Å². The third-order valence-corrected chi connectivity index (χ3v) is 5.95. The molecule has 6 nitrogen and oxygen atoms in total. The van der Waals surface area contributed by atoms with Gasteiger partial charge in [0.2, 0.25) is 5.60 Å². The molecule has 0 aliphatic carbocycles. The van der Waals surface area contributed by atoms with E-state index in [-0.39, 0.29) is 27.4 Å². The van der Waals surface area contributed by atoms with Crippen molar-refractivity contribution in [1.82, 2.24) is 16.3 Å². The Morgan fingerprint density at radius 3 is 2.38 bits per heavy atom. The van der Waals surface area contributed by atoms with E-state index in [0.717, 1.165) is 18.2 Å².